The Morgan fingerprint density at radius 1 is 0.423 bits per heavy atom. The molecule has 0 atom stereocenters. The molecular weight excluding hydrogens is 633 g/mol. The lowest BCUT2D eigenvalue weighted by molar-refractivity contribution is -0.00529. The Hall–Kier alpha value is -4.62. The van der Waals surface area contributed by atoms with Gasteiger partial charge in [0.15, 0.2) is 17.5 Å². The summed E-state index contributed by atoms with van der Waals surface area (Å²) in [6.45, 7) is 0. The predicted molar refractivity (Wildman–Crippen MR) is 206 cm³/mol. The zero-order valence-electron chi connectivity index (χ0n) is 30.0. The van der Waals surface area contributed by atoms with E-state index in [9.17, 15) is 5.26 Å². The summed E-state index contributed by atoms with van der Waals surface area (Å²) >= 11 is 0. The summed E-state index contributed by atoms with van der Waals surface area (Å²) in [6, 6.07) is 37.3. The highest BCUT2D eigenvalue weighted by atomic mass is 15.0. The fourth-order valence-electron chi connectivity index (χ4n) is 13.2. The van der Waals surface area contributed by atoms with Gasteiger partial charge in [-0.15, -0.1) is 0 Å². The lowest BCUT2D eigenvalue weighted by atomic mass is 9.48. The molecule has 8 saturated carbocycles. The van der Waals surface area contributed by atoms with Crippen LogP contribution in [0.4, 0.5) is 0 Å². The molecule has 0 amide bonds. The third-order valence-electron chi connectivity index (χ3n) is 14.6. The van der Waals surface area contributed by atoms with Crippen molar-refractivity contribution in [1.82, 2.24) is 15.0 Å². The number of benzene rings is 4. The number of nitriles is 1. The summed E-state index contributed by atoms with van der Waals surface area (Å²) in [6.07, 6.45) is 16.6. The highest BCUT2D eigenvalue weighted by molar-refractivity contribution is 5.75. The van der Waals surface area contributed by atoms with Crippen LogP contribution >= 0.6 is 0 Å². The lowest BCUT2D eigenvalue weighted by Crippen LogP contribution is -2.48. The van der Waals surface area contributed by atoms with Crippen molar-refractivity contribution in [2.75, 3.05) is 0 Å². The maximum Gasteiger partial charge on any atom is 0.164 e. The number of nitrogens with zero attached hydrogens (tertiary/aromatic N) is 4. The normalized spacial score (nSPS) is 32.2. The van der Waals surface area contributed by atoms with Crippen molar-refractivity contribution in [2.24, 2.45) is 35.5 Å². The third kappa shape index (κ3) is 5.18. The van der Waals surface area contributed by atoms with Crippen molar-refractivity contribution in [1.29, 1.82) is 5.26 Å². The summed E-state index contributed by atoms with van der Waals surface area (Å²) in [7, 11) is 0. The summed E-state index contributed by atoms with van der Waals surface area (Å²) in [4.78, 5) is 15.7. The van der Waals surface area contributed by atoms with E-state index in [1.807, 2.05) is 24.3 Å². The molecule has 0 N–H and O–H groups in total. The predicted octanol–water partition coefficient (Wildman–Crippen LogP) is 11.3. The van der Waals surface area contributed by atoms with Crippen LogP contribution in [-0.4, -0.2) is 15.0 Å². The van der Waals surface area contributed by atoms with Crippen LogP contribution in [0.25, 0.3) is 45.3 Å². The van der Waals surface area contributed by atoms with Crippen LogP contribution in [0.5, 0.6) is 0 Å². The minimum Gasteiger partial charge on any atom is -0.208 e. The van der Waals surface area contributed by atoms with E-state index in [-0.39, 0.29) is 5.41 Å². The molecule has 8 aliphatic rings. The fraction of sp³-hybridized carbons (Fsp3) is 0.417. The van der Waals surface area contributed by atoms with Crippen molar-refractivity contribution in [2.45, 2.75) is 87.9 Å². The molecule has 0 unspecified atom stereocenters. The van der Waals surface area contributed by atoms with Gasteiger partial charge in [-0.3, -0.25) is 0 Å². The first-order valence-electron chi connectivity index (χ1n) is 20.1. The van der Waals surface area contributed by atoms with Crippen LogP contribution in [0.3, 0.4) is 0 Å². The van der Waals surface area contributed by atoms with Gasteiger partial charge in [-0.2, -0.15) is 5.26 Å². The molecule has 1 heterocycles. The summed E-state index contributed by atoms with van der Waals surface area (Å²) in [5, 5.41) is 9.80. The average Bonchev–Trinajstić information content (AvgIpc) is 3.17. The van der Waals surface area contributed by atoms with Gasteiger partial charge in [0.1, 0.15) is 0 Å². The molecule has 4 nitrogen and oxygen atoms in total. The summed E-state index contributed by atoms with van der Waals surface area (Å²) < 4.78 is 0. The molecule has 1 aromatic heterocycles. The van der Waals surface area contributed by atoms with Crippen molar-refractivity contribution < 1.29 is 0 Å². The second-order valence-corrected chi connectivity index (χ2v) is 18.1. The van der Waals surface area contributed by atoms with Gasteiger partial charge in [0.2, 0.25) is 0 Å². The molecule has 0 spiro atoms. The van der Waals surface area contributed by atoms with Gasteiger partial charge < -0.3 is 0 Å². The summed E-state index contributed by atoms with van der Waals surface area (Å²) in [5.74, 6) is 7.46. The van der Waals surface area contributed by atoms with Gasteiger partial charge >= 0.3 is 0 Å². The quantitative estimate of drug-likeness (QED) is 0.179. The Balaban J connectivity index is 1.04. The molecule has 4 aromatic carbocycles. The smallest absolute Gasteiger partial charge is 0.164 e. The van der Waals surface area contributed by atoms with Gasteiger partial charge in [-0.1, -0.05) is 72.8 Å². The molecular formula is C48H46N4. The Morgan fingerprint density at radius 3 is 1.42 bits per heavy atom. The van der Waals surface area contributed by atoms with Crippen LogP contribution < -0.4 is 0 Å². The van der Waals surface area contributed by atoms with Gasteiger partial charge in [0.25, 0.3) is 0 Å². The van der Waals surface area contributed by atoms with E-state index in [2.05, 4.69) is 78.9 Å². The van der Waals surface area contributed by atoms with Gasteiger partial charge in [-0.05, 0) is 170 Å². The summed E-state index contributed by atoms with van der Waals surface area (Å²) in [5.41, 5.74) is 9.52. The molecule has 52 heavy (non-hydrogen) atoms. The van der Waals surface area contributed by atoms with Gasteiger partial charge in [0.05, 0.1) is 11.6 Å². The minimum absolute atomic E-state index is 0.206. The molecule has 8 aliphatic carbocycles. The molecule has 0 aliphatic heterocycles. The van der Waals surface area contributed by atoms with E-state index in [4.69, 9.17) is 15.0 Å². The van der Waals surface area contributed by atoms with Gasteiger partial charge in [0, 0.05) is 16.7 Å². The van der Waals surface area contributed by atoms with E-state index in [1.54, 1.807) is 0 Å². The monoisotopic (exact) mass is 678 g/mol. The first-order chi connectivity index (χ1) is 25.5. The topological polar surface area (TPSA) is 62.5 Å². The fourth-order valence-corrected chi connectivity index (χ4v) is 13.2. The molecule has 5 aromatic rings. The number of aromatic nitrogens is 3. The third-order valence-corrected chi connectivity index (χ3v) is 14.6. The van der Waals surface area contributed by atoms with Crippen LogP contribution in [0.15, 0.2) is 97.1 Å². The lowest BCUT2D eigenvalue weighted by Gasteiger charge is -2.57. The largest absolute Gasteiger partial charge is 0.208 e. The minimum atomic E-state index is 0.206. The van der Waals surface area contributed by atoms with E-state index >= 15 is 0 Å². The van der Waals surface area contributed by atoms with Crippen LogP contribution in [0, 0.1) is 46.8 Å². The number of hydrogen-bond donors (Lipinski definition) is 0. The average molecular weight is 679 g/mol. The zero-order valence-corrected chi connectivity index (χ0v) is 30.0. The molecule has 8 bridgehead atoms. The highest BCUT2D eigenvalue weighted by Crippen LogP contribution is 2.62. The molecule has 258 valence electrons. The molecule has 0 saturated heterocycles. The van der Waals surface area contributed by atoms with E-state index in [1.165, 1.54) is 88.2 Å². The van der Waals surface area contributed by atoms with Crippen LogP contribution in [0.2, 0.25) is 0 Å². The maximum absolute atomic E-state index is 9.80. The Kier molecular flexibility index (Phi) is 6.96. The standard InChI is InChI=1S/C48H46N4/c49-29-30-5-4-8-39(19-30)40-20-41(22-43(21-40)48-26-34-16-35(27-48)18-36(17-34)28-48)46-51-44(37-6-2-1-3-7-37)50-45(52-46)38-9-11-42(12-10-38)47-23-31-13-32(24-47)15-33(14-31)25-47/h1-12,19-22,31-36H,13-18,23-28H2. The second kappa shape index (κ2) is 11.7. The number of hydrogen-bond acceptors (Lipinski definition) is 4. The van der Waals surface area contributed by atoms with Crippen LogP contribution in [0.1, 0.15) is 93.7 Å². The van der Waals surface area contributed by atoms with Crippen molar-refractivity contribution in [3.05, 3.63) is 114 Å². The SMILES string of the molecule is N#Cc1cccc(-c2cc(-c3nc(-c4ccccc4)nc(-c4ccc(C56CC7CC(CC(C7)C5)C6)cc4)n3)cc(C34CC5CC(CC(C5)C3)C4)c2)c1. The Labute approximate surface area is 307 Å². The Bertz CT molecular complexity index is 2160. The van der Waals surface area contributed by atoms with Crippen molar-refractivity contribution >= 4 is 0 Å². The van der Waals surface area contributed by atoms with Gasteiger partial charge in [-0.25, -0.2) is 15.0 Å². The molecule has 0 radical (unpaired) electrons. The van der Waals surface area contributed by atoms with E-state index < -0.39 is 0 Å². The molecule has 13 rings (SSSR count). The van der Waals surface area contributed by atoms with E-state index in [0.29, 0.717) is 16.8 Å². The Morgan fingerprint density at radius 2 is 0.885 bits per heavy atom. The maximum atomic E-state index is 9.80. The highest BCUT2D eigenvalue weighted by Gasteiger charge is 2.53. The van der Waals surface area contributed by atoms with Crippen molar-refractivity contribution in [3.63, 3.8) is 0 Å². The zero-order chi connectivity index (χ0) is 34.4. The number of rotatable bonds is 6. The molecule has 4 heteroatoms. The first kappa shape index (κ1) is 31.0. The van der Waals surface area contributed by atoms with Crippen molar-refractivity contribution in [3.8, 4) is 51.4 Å². The first-order valence-corrected chi connectivity index (χ1v) is 20.1. The second-order valence-electron chi connectivity index (χ2n) is 18.1. The van der Waals surface area contributed by atoms with Crippen LogP contribution in [-0.2, 0) is 10.8 Å². The van der Waals surface area contributed by atoms with E-state index in [0.717, 1.165) is 75.0 Å². The molecule has 8 fully saturated rings.